The molecule has 5 nitrogen and oxygen atoms in total. The summed E-state index contributed by atoms with van der Waals surface area (Å²) in [5, 5.41) is 7.18. The third-order valence-corrected chi connectivity index (χ3v) is 4.10. The summed E-state index contributed by atoms with van der Waals surface area (Å²) in [7, 11) is 0. The molecule has 2 N–H and O–H groups in total. The molecule has 0 bridgehead atoms. The highest BCUT2D eigenvalue weighted by Gasteiger charge is 2.23. The number of hydrogen-bond acceptors (Lipinski definition) is 4. The monoisotopic (exact) mass is 269 g/mol. The van der Waals surface area contributed by atoms with E-state index in [2.05, 4.69) is 17.6 Å². The molecule has 0 aromatic heterocycles. The lowest BCUT2D eigenvalue weighted by atomic mass is 10.0. The number of hydrogen-bond donors (Lipinski definition) is 2. The van der Waals surface area contributed by atoms with Crippen LogP contribution in [0.5, 0.6) is 0 Å². The summed E-state index contributed by atoms with van der Waals surface area (Å²) in [5.74, 6) is 0.204. The first-order chi connectivity index (χ1) is 9.15. The number of carbonyl (C=O) groups is 1. The van der Waals surface area contributed by atoms with Gasteiger partial charge in [0.2, 0.25) is 5.91 Å². The first-order valence-electron chi connectivity index (χ1n) is 7.48. The lowest BCUT2D eigenvalue weighted by Crippen LogP contribution is -2.49. The smallest absolute Gasteiger partial charge is 0.219 e. The van der Waals surface area contributed by atoms with E-state index >= 15 is 0 Å². The second kappa shape index (κ2) is 7.22. The number of likely N-dealkylation sites (tertiary alicyclic amines) is 1. The van der Waals surface area contributed by atoms with Gasteiger partial charge in [0, 0.05) is 44.7 Å². The van der Waals surface area contributed by atoms with Gasteiger partial charge in [-0.25, -0.2) is 0 Å². The van der Waals surface area contributed by atoms with E-state index in [4.69, 9.17) is 4.74 Å². The van der Waals surface area contributed by atoms with Crippen molar-refractivity contribution in [1.82, 2.24) is 15.5 Å². The largest absolute Gasteiger partial charge is 0.379 e. The summed E-state index contributed by atoms with van der Waals surface area (Å²) in [4.78, 5) is 13.2. The summed E-state index contributed by atoms with van der Waals surface area (Å²) in [5.41, 5.74) is 0. The lowest BCUT2D eigenvalue weighted by molar-refractivity contribution is -0.129. The van der Waals surface area contributed by atoms with Crippen LogP contribution in [0.2, 0.25) is 0 Å². The van der Waals surface area contributed by atoms with Crippen LogP contribution in [0.15, 0.2) is 0 Å². The van der Waals surface area contributed by atoms with Gasteiger partial charge in [0.1, 0.15) is 0 Å². The van der Waals surface area contributed by atoms with Gasteiger partial charge in [-0.3, -0.25) is 4.79 Å². The number of nitrogens with zero attached hydrogens (tertiary/aromatic N) is 1. The SMILES string of the molecule is CC(=O)N1CCC(NC(C)CC2COCCN2)CC1. The van der Waals surface area contributed by atoms with Crippen molar-refractivity contribution < 1.29 is 9.53 Å². The van der Waals surface area contributed by atoms with Gasteiger partial charge >= 0.3 is 0 Å². The van der Waals surface area contributed by atoms with Crippen molar-refractivity contribution in [3.8, 4) is 0 Å². The van der Waals surface area contributed by atoms with Crippen molar-refractivity contribution in [3.05, 3.63) is 0 Å². The second-order valence-corrected chi connectivity index (χ2v) is 5.81. The molecule has 2 saturated heterocycles. The highest BCUT2D eigenvalue weighted by molar-refractivity contribution is 5.73. The Labute approximate surface area is 116 Å². The van der Waals surface area contributed by atoms with Crippen LogP contribution < -0.4 is 10.6 Å². The zero-order valence-electron chi connectivity index (χ0n) is 12.2. The standard InChI is InChI=1S/C14H27N3O2/c1-11(9-14-10-19-8-5-15-14)16-13-3-6-17(7-4-13)12(2)18/h11,13-16H,3-10H2,1-2H3. The zero-order chi connectivity index (χ0) is 13.7. The first-order valence-corrected chi connectivity index (χ1v) is 7.48. The number of ether oxygens (including phenoxy) is 1. The third-order valence-electron chi connectivity index (χ3n) is 4.10. The van der Waals surface area contributed by atoms with Crippen LogP contribution in [-0.4, -0.2) is 61.8 Å². The molecular formula is C14H27N3O2. The van der Waals surface area contributed by atoms with E-state index in [1.54, 1.807) is 6.92 Å². The topological polar surface area (TPSA) is 53.6 Å². The van der Waals surface area contributed by atoms with Crippen molar-refractivity contribution >= 4 is 5.91 Å². The first kappa shape index (κ1) is 14.8. The molecule has 0 radical (unpaired) electrons. The maximum Gasteiger partial charge on any atom is 0.219 e. The summed E-state index contributed by atoms with van der Waals surface area (Å²) >= 11 is 0. The molecule has 2 rings (SSSR count). The Kier molecular flexibility index (Phi) is 5.60. The minimum atomic E-state index is 0.204. The lowest BCUT2D eigenvalue weighted by Gasteiger charge is -2.34. The molecule has 110 valence electrons. The van der Waals surface area contributed by atoms with Crippen LogP contribution in [0, 0.1) is 0 Å². The van der Waals surface area contributed by atoms with Crippen LogP contribution in [0.4, 0.5) is 0 Å². The number of nitrogens with one attached hydrogen (secondary N) is 2. The van der Waals surface area contributed by atoms with E-state index in [-0.39, 0.29) is 5.91 Å². The molecule has 0 aromatic rings. The van der Waals surface area contributed by atoms with Crippen LogP contribution in [0.25, 0.3) is 0 Å². The zero-order valence-corrected chi connectivity index (χ0v) is 12.2. The minimum absolute atomic E-state index is 0.204. The second-order valence-electron chi connectivity index (χ2n) is 5.81. The predicted molar refractivity (Wildman–Crippen MR) is 75.1 cm³/mol. The van der Waals surface area contributed by atoms with Gasteiger partial charge in [0.25, 0.3) is 0 Å². The third kappa shape index (κ3) is 4.75. The Morgan fingerprint density at radius 1 is 1.47 bits per heavy atom. The number of carbonyl (C=O) groups excluding carboxylic acids is 1. The normalized spacial score (nSPS) is 27.3. The van der Waals surface area contributed by atoms with Gasteiger partial charge in [-0.05, 0) is 26.2 Å². The fraction of sp³-hybridized carbons (Fsp3) is 0.929. The predicted octanol–water partition coefficient (Wildman–Crippen LogP) is 0.354. The van der Waals surface area contributed by atoms with E-state index < -0.39 is 0 Å². The van der Waals surface area contributed by atoms with Crippen LogP contribution in [0.3, 0.4) is 0 Å². The average Bonchev–Trinajstić information content (AvgIpc) is 2.40. The van der Waals surface area contributed by atoms with Gasteiger partial charge in [-0.2, -0.15) is 0 Å². The van der Waals surface area contributed by atoms with Crippen molar-refractivity contribution in [1.29, 1.82) is 0 Å². The average molecular weight is 269 g/mol. The van der Waals surface area contributed by atoms with Gasteiger partial charge < -0.3 is 20.3 Å². The summed E-state index contributed by atoms with van der Waals surface area (Å²) < 4.78 is 5.48. The van der Waals surface area contributed by atoms with E-state index in [1.807, 2.05) is 4.90 Å². The quantitative estimate of drug-likeness (QED) is 0.773. The maximum absolute atomic E-state index is 11.3. The molecule has 1 amide bonds. The van der Waals surface area contributed by atoms with Crippen molar-refractivity contribution in [2.75, 3.05) is 32.8 Å². The fourth-order valence-corrected chi connectivity index (χ4v) is 3.03. The van der Waals surface area contributed by atoms with E-state index in [0.29, 0.717) is 18.1 Å². The summed E-state index contributed by atoms with van der Waals surface area (Å²) in [6.45, 7) is 8.32. The van der Waals surface area contributed by atoms with E-state index in [1.165, 1.54) is 0 Å². The molecule has 2 aliphatic heterocycles. The van der Waals surface area contributed by atoms with E-state index in [9.17, 15) is 4.79 Å². The molecule has 19 heavy (non-hydrogen) atoms. The number of amides is 1. The Morgan fingerprint density at radius 3 is 2.79 bits per heavy atom. The highest BCUT2D eigenvalue weighted by atomic mass is 16.5. The van der Waals surface area contributed by atoms with Crippen LogP contribution in [0.1, 0.15) is 33.1 Å². The van der Waals surface area contributed by atoms with Crippen LogP contribution >= 0.6 is 0 Å². The Bertz CT molecular complexity index is 284. The molecule has 2 atom stereocenters. The summed E-state index contributed by atoms with van der Waals surface area (Å²) in [6, 6.07) is 1.52. The number of rotatable bonds is 4. The van der Waals surface area contributed by atoms with E-state index in [0.717, 1.165) is 52.1 Å². The van der Waals surface area contributed by atoms with Gasteiger partial charge in [0.05, 0.1) is 13.2 Å². The number of piperidine rings is 1. The van der Waals surface area contributed by atoms with Crippen molar-refractivity contribution in [2.45, 2.75) is 51.2 Å². The molecule has 2 aliphatic rings. The Morgan fingerprint density at radius 2 is 2.21 bits per heavy atom. The highest BCUT2D eigenvalue weighted by Crippen LogP contribution is 2.12. The van der Waals surface area contributed by atoms with Crippen molar-refractivity contribution in [3.63, 3.8) is 0 Å². The van der Waals surface area contributed by atoms with Crippen molar-refractivity contribution in [2.24, 2.45) is 0 Å². The molecule has 2 heterocycles. The van der Waals surface area contributed by atoms with Gasteiger partial charge in [-0.1, -0.05) is 0 Å². The molecule has 0 spiro atoms. The fourth-order valence-electron chi connectivity index (χ4n) is 3.03. The summed E-state index contributed by atoms with van der Waals surface area (Å²) in [6.07, 6.45) is 3.24. The molecule has 0 aromatic carbocycles. The Hall–Kier alpha value is -0.650. The molecule has 5 heteroatoms. The van der Waals surface area contributed by atoms with Crippen LogP contribution in [-0.2, 0) is 9.53 Å². The van der Waals surface area contributed by atoms with Gasteiger partial charge in [-0.15, -0.1) is 0 Å². The molecule has 2 fully saturated rings. The molecule has 0 saturated carbocycles. The number of morpholine rings is 1. The minimum Gasteiger partial charge on any atom is -0.379 e. The van der Waals surface area contributed by atoms with Gasteiger partial charge in [0.15, 0.2) is 0 Å². The maximum atomic E-state index is 11.3. The molecule has 2 unspecified atom stereocenters. The molecule has 0 aliphatic carbocycles. The Balaban J connectivity index is 1.65. The molecular weight excluding hydrogens is 242 g/mol.